The maximum absolute atomic E-state index is 11.9. The van der Waals surface area contributed by atoms with Gasteiger partial charge in [-0.3, -0.25) is 0 Å². The lowest BCUT2D eigenvalue weighted by Crippen LogP contribution is -2.43. The number of nitrogens with one attached hydrogen (secondary N) is 3. The molecule has 0 saturated carbocycles. The van der Waals surface area contributed by atoms with Gasteiger partial charge in [0.25, 0.3) is 0 Å². The molecule has 0 spiro atoms. The summed E-state index contributed by atoms with van der Waals surface area (Å²) >= 11 is 0. The lowest BCUT2D eigenvalue weighted by Gasteiger charge is -2.30. The van der Waals surface area contributed by atoms with Crippen LogP contribution >= 0.6 is 0 Å². The second-order valence-electron chi connectivity index (χ2n) is 5.59. The highest BCUT2D eigenvalue weighted by atomic mass is 16.2. The van der Waals surface area contributed by atoms with Crippen LogP contribution in [0.1, 0.15) is 13.8 Å². The molecule has 92 valence electrons. The highest BCUT2D eigenvalue weighted by Gasteiger charge is 2.55. The van der Waals surface area contributed by atoms with Crippen LogP contribution in [0.3, 0.4) is 0 Å². The van der Waals surface area contributed by atoms with Crippen LogP contribution in [0.2, 0.25) is 0 Å². The van der Waals surface area contributed by atoms with Crippen LogP contribution < -0.4 is 16.0 Å². The van der Waals surface area contributed by atoms with Crippen LogP contribution in [0, 0.1) is 10.8 Å². The van der Waals surface area contributed by atoms with E-state index in [1.165, 1.54) is 0 Å². The third-order valence-electron chi connectivity index (χ3n) is 4.27. The largest absolute Gasteiger partial charge is 0.325 e. The molecule has 0 aromatic rings. The molecule has 2 aliphatic heterocycles. The average molecular weight is 226 g/mol. The van der Waals surface area contributed by atoms with E-state index in [4.69, 9.17) is 0 Å². The van der Waals surface area contributed by atoms with Crippen LogP contribution in [-0.4, -0.2) is 50.8 Å². The SMILES string of the molecule is CNCNC(=O)N1CC2(C)CNCC2(C)C1. The maximum Gasteiger partial charge on any atom is 0.318 e. The van der Waals surface area contributed by atoms with Crippen molar-refractivity contribution >= 4 is 6.03 Å². The number of hydrogen-bond donors (Lipinski definition) is 3. The fourth-order valence-corrected chi connectivity index (χ4v) is 2.85. The summed E-state index contributed by atoms with van der Waals surface area (Å²) in [6.45, 7) is 8.81. The number of amides is 2. The summed E-state index contributed by atoms with van der Waals surface area (Å²) in [6, 6.07) is 0.0474. The number of fused-ring (bicyclic) bond motifs is 1. The van der Waals surface area contributed by atoms with Crippen LogP contribution in [0.25, 0.3) is 0 Å². The molecule has 2 rings (SSSR count). The Bertz CT molecular complexity index is 278. The minimum absolute atomic E-state index is 0.0474. The van der Waals surface area contributed by atoms with Crippen molar-refractivity contribution in [3.63, 3.8) is 0 Å². The van der Waals surface area contributed by atoms with E-state index in [1.54, 1.807) is 0 Å². The fourth-order valence-electron chi connectivity index (χ4n) is 2.85. The Balaban J connectivity index is 2.00. The van der Waals surface area contributed by atoms with E-state index in [2.05, 4.69) is 29.8 Å². The van der Waals surface area contributed by atoms with Crippen molar-refractivity contribution in [1.29, 1.82) is 0 Å². The van der Waals surface area contributed by atoms with Gasteiger partial charge in [-0.25, -0.2) is 4.79 Å². The third kappa shape index (κ3) is 1.68. The van der Waals surface area contributed by atoms with Gasteiger partial charge in [0.05, 0.1) is 6.67 Å². The molecule has 5 heteroatoms. The normalized spacial score (nSPS) is 37.6. The monoisotopic (exact) mass is 226 g/mol. The van der Waals surface area contributed by atoms with Gasteiger partial charge in [-0.15, -0.1) is 0 Å². The van der Waals surface area contributed by atoms with Crippen LogP contribution in [-0.2, 0) is 0 Å². The van der Waals surface area contributed by atoms with Crippen molar-refractivity contribution in [2.24, 2.45) is 10.8 Å². The molecule has 5 nitrogen and oxygen atoms in total. The van der Waals surface area contributed by atoms with Crippen LogP contribution in [0.5, 0.6) is 0 Å². The summed E-state index contributed by atoms with van der Waals surface area (Å²) in [6.07, 6.45) is 0. The first-order valence-electron chi connectivity index (χ1n) is 5.89. The number of carbonyl (C=O) groups is 1. The zero-order valence-electron chi connectivity index (χ0n) is 10.4. The molecule has 16 heavy (non-hydrogen) atoms. The number of rotatable bonds is 2. The Morgan fingerprint density at radius 3 is 2.38 bits per heavy atom. The first-order valence-corrected chi connectivity index (χ1v) is 5.89. The van der Waals surface area contributed by atoms with Crippen LogP contribution in [0.4, 0.5) is 4.79 Å². The van der Waals surface area contributed by atoms with Gasteiger partial charge < -0.3 is 20.9 Å². The molecule has 2 unspecified atom stereocenters. The summed E-state index contributed by atoms with van der Waals surface area (Å²) in [4.78, 5) is 13.8. The molecule has 2 saturated heterocycles. The molecule has 0 aromatic heterocycles. The van der Waals surface area contributed by atoms with E-state index in [1.807, 2.05) is 11.9 Å². The zero-order chi connectivity index (χ0) is 11.8. The number of nitrogens with zero attached hydrogens (tertiary/aromatic N) is 1. The Kier molecular flexibility index (Phi) is 2.84. The second-order valence-corrected chi connectivity index (χ2v) is 5.59. The predicted molar refractivity (Wildman–Crippen MR) is 63.1 cm³/mol. The molecule has 2 amide bonds. The minimum atomic E-state index is 0.0474. The highest BCUT2D eigenvalue weighted by Crippen LogP contribution is 2.48. The Morgan fingerprint density at radius 2 is 1.88 bits per heavy atom. The van der Waals surface area contributed by atoms with Crippen molar-refractivity contribution in [2.75, 3.05) is 39.9 Å². The van der Waals surface area contributed by atoms with Gasteiger partial charge in [-0.1, -0.05) is 13.8 Å². The molecule has 2 heterocycles. The van der Waals surface area contributed by atoms with E-state index >= 15 is 0 Å². The molecule has 0 aromatic carbocycles. The summed E-state index contributed by atoms with van der Waals surface area (Å²) in [7, 11) is 1.82. The summed E-state index contributed by atoms with van der Waals surface area (Å²) in [5.41, 5.74) is 0.452. The topological polar surface area (TPSA) is 56.4 Å². The van der Waals surface area contributed by atoms with Gasteiger partial charge >= 0.3 is 6.03 Å². The molecular formula is C11H22N4O. The van der Waals surface area contributed by atoms with Gasteiger partial charge in [-0.05, 0) is 7.05 Å². The van der Waals surface area contributed by atoms with E-state index in [9.17, 15) is 4.79 Å². The Morgan fingerprint density at radius 1 is 1.31 bits per heavy atom. The van der Waals surface area contributed by atoms with Crippen LogP contribution in [0.15, 0.2) is 0 Å². The Hall–Kier alpha value is -0.810. The standard InChI is InChI=1S/C11H22N4O/c1-10-4-13-5-11(10,2)7-15(6-10)9(16)14-8-12-3/h12-13H,4-8H2,1-3H3,(H,14,16). The summed E-state index contributed by atoms with van der Waals surface area (Å²) < 4.78 is 0. The summed E-state index contributed by atoms with van der Waals surface area (Å²) in [5, 5.41) is 9.21. The minimum Gasteiger partial charge on any atom is -0.325 e. The second kappa shape index (κ2) is 3.89. The van der Waals surface area contributed by atoms with Crippen molar-refractivity contribution in [3.05, 3.63) is 0 Å². The lowest BCUT2D eigenvalue weighted by atomic mass is 9.71. The first-order chi connectivity index (χ1) is 7.51. The Labute approximate surface area is 96.9 Å². The van der Waals surface area contributed by atoms with Crippen molar-refractivity contribution in [2.45, 2.75) is 13.8 Å². The number of urea groups is 1. The molecule has 3 N–H and O–H groups in total. The molecule has 0 radical (unpaired) electrons. The molecule has 0 aliphatic carbocycles. The van der Waals surface area contributed by atoms with Gasteiger partial charge in [0.1, 0.15) is 0 Å². The fraction of sp³-hybridized carbons (Fsp3) is 0.909. The predicted octanol–water partition coefficient (Wildman–Crippen LogP) is -0.196. The third-order valence-corrected chi connectivity index (χ3v) is 4.27. The lowest BCUT2D eigenvalue weighted by molar-refractivity contribution is 0.201. The molecule has 2 atom stereocenters. The molecule has 2 fully saturated rings. The van der Waals surface area contributed by atoms with E-state index in [0.717, 1.165) is 26.2 Å². The van der Waals surface area contributed by atoms with E-state index in [-0.39, 0.29) is 16.9 Å². The molecule has 0 bridgehead atoms. The smallest absolute Gasteiger partial charge is 0.318 e. The number of hydrogen-bond acceptors (Lipinski definition) is 3. The van der Waals surface area contributed by atoms with Gasteiger partial charge in [0.2, 0.25) is 0 Å². The summed E-state index contributed by atoms with van der Waals surface area (Å²) in [5.74, 6) is 0. The van der Waals surface area contributed by atoms with Crippen molar-refractivity contribution < 1.29 is 4.79 Å². The number of likely N-dealkylation sites (tertiary alicyclic amines) is 1. The first kappa shape index (κ1) is 11.7. The molecular weight excluding hydrogens is 204 g/mol. The highest BCUT2D eigenvalue weighted by molar-refractivity contribution is 5.74. The van der Waals surface area contributed by atoms with Crippen molar-refractivity contribution in [3.8, 4) is 0 Å². The van der Waals surface area contributed by atoms with Gasteiger partial charge in [-0.2, -0.15) is 0 Å². The molecule has 2 aliphatic rings. The van der Waals surface area contributed by atoms with Gasteiger partial charge in [0, 0.05) is 37.0 Å². The average Bonchev–Trinajstić information content (AvgIpc) is 2.63. The quantitative estimate of drug-likeness (QED) is 0.572. The van der Waals surface area contributed by atoms with Crippen molar-refractivity contribution in [1.82, 2.24) is 20.9 Å². The van der Waals surface area contributed by atoms with E-state index < -0.39 is 0 Å². The zero-order valence-corrected chi connectivity index (χ0v) is 10.4. The maximum atomic E-state index is 11.9. The number of carbonyl (C=O) groups excluding carboxylic acids is 1. The van der Waals surface area contributed by atoms with Gasteiger partial charge in [0.15, 0.2) is 0 Å². The van der Waals surface area contributed by atoms with E-state index in [0.29, 0.717) is 6.67 Å².